The molecule has 1 fully saturated rings. The number of benzene rings is 1. The second-order valence-electron chi connectivity index (χ2n) is 4.85. The van der Waals surface area contributed by atoms with Crippen molar-refractivity contribution in [2.45, 2.75) is 26.0 Å². The topological polar surface area (TPSA) is 41.6 Å². The quantitative estimate of drug-likeness (QED) is 0.907. The van der Waals surface area contributed by atoms with Gasteiger partial charge in [-0.15, -0.1) is 0 Å². The number of ether oxygens (including phenoxy) is 1. The number of nitrogens with zero attached hydrogens (tertiary/aromatic N) is 1. The number of carbonyl (C=O) groups is 1. The van der Waals surface area contributed by atoms with E-state index >= 15 is 0 Å². The lowest BCUT2D eigenvalue weighted by atomic mass is 10.1. The number of morpholine rings is 1. The molecule has 19 heavy (non-hydrogen) atoms. The maximum absolute atomic E-state index is 12.2. The summed E-state index contributed by atoms with van der Waals surface area (Å²) in [6.45, 7) is 5.89. The molecular formula is C14H19BrN2O2. The maximum atomic E-state index is 12.2. The van der Waals surface area contributed by atoms with Crippen LogP contribution in [-0.2, 0) is 4.74 Å². The molecule has 0 bridgehead atoms. The van der Waals surface area contributed by atoms with E-state index in [0.29, 0.717) is 19.7 Å². The average molecular weight is 327 g/mol. The molecule has 0 radical (unpaired) electrons. The maximum Gasteiger partial charge on any atom is 0.318 e. The minimum absolute atomic E-state index is 0.0110. The molecule has 1 N–H and O–H groups in total. The number of rotatable bonds is 2. The molecule has 0 saturated carbocycles. The van der Waals surface area contributed by atoms with E-state index < -0.39 is 0 Å². The zero-order valence-corrected chi connectivity index (χ0v) is 12.8. The molecular weight excluding hydrogens is 308 g/mol. The smallest absolute Gasteiger partial charge is 0.318 e. The van der Waals surface area contributed by atoms with Gasteiger partial charge in [-0.2, -0.15) is 0 Å². The van der Waals surface area contributed by atoms with Crippen molar-refractivity contribution in [1.29, 1.82) is 0 Å². The standard InChI is InChI=1S/C14H19BrN2O2/c1-10-9-17(6-7-19-10)14(18)16-11(2)12-4-3-5-13(15)8-12/h3-5,8,10-11H,6-7,9H2,1-2H3,(H,16,18)/t10-,11-/m1/s1. The van der Waals surface area contributed by atoms with E-state index in [2.05, 4.69) is 21.2 Å². The molecule has 104 valence electrons. The van der Waals surface area contributed by atoms with Crippen LogP contribution in [0.25, 0.3) is 0 Å². The van der Waals surface area contributed by atoms with Crippen LogP contribution >= 0.6 is 15.9 Å². The Morgan fingerprint density at radius 1 is 1.58 bits per heavy atom. The summed E-state index contributed by atoms with van der Waals surface area (Å²) in [4.78, 5) is 14.0. The average Bonchev–Trinajstić information content (AvgIpc) is 2.38. The van der Waals surface area contributed by atoms with Crippen molar-refractivity contribution in [3.05, 3.63) is 34.3 Å². The Morgan fingerprint density at radius 2 is 2.37 bits per heavy atom. The predicted molar refractivity (Wildman–Crippen MR) is 78.1 cm³/mol. The summed E-state index contributed by atoms with van der Waals surface area (Å²) in [6, 6.07) is 7.94. The van der Waals surface area contributed by atoms with E-state index in [1.165, 1.54) is 0 Å². The fourth-order valence-corrected chi connectivity index (χ4v) is 2.56. The molecule has 0 aliphatic carbocycles. The molecule has 2 atom stereocenters. The second kappa shape index (κ2) is 6.39. The van der Waals surface area contributed by atoms with Gasteiger partial charge in [0, 0.05) is 17.6 Å². The van der Waals surface area contributed by atoms with Crippen molar-refractivity contribution in [3.63, 3.8) is 0 Å². The Balaban J connectivity index is 1.94. The monoisotopic (exact) mass is 326 g/mol. The molecule has 1 heterocycles. The lowest BCUT2D eigenvalue weighted by Crippen LogP contribution is -2.49. The molecule has 1 aromatic rings. The predicted octanol–water partition coefficient (Wildman–Crippen LogP) is 2.94. The van der Waals surface area contributed by atoms with Crippen molar-refractivity contribution in [1.82, 2.24) is 10.2 Å². The molecule has 1 aliphatic rings. The summed E-state index contributed by atoms with van der Waals surface area (Å²) in [5.41, 5.74) is 1.09. The van der Waals surface area contributed by atoms with Crippen molar-refractivity contribution >= 4 is 22.0 Å². The van der Waals surface area contributed by atoms with Gasteiger partial charge in [0.15, 0.2) is 0 Å². The third kappa shape index (κ3) is 3.94. The first kappa shape index (κ1) is 14.3. The van der Waals surface area contributed by atoms with Crippen molar-refractivity contribution in [2.24, 2.45) is 0 Å². The summed E-state index contributed by atoms with van der Waals surface area (Å²) < 4.78 is 6.46. The number of carbonyl (C=O) groups excluding carboxylic acids is 1. The van der Waals surface area contributed by atoms with Crippen molar-refractivity contribution in [3.8, 4) is 0 Å². The van der Waals surface area contributed by atoms with Crippen LogP contribution in [0.1, 0.15) is 25.5 Å². The van der Waals surface area contributed by atoms with Gasteiger partial charge in [-0.1, -0.05) is 28.1 Å². The Hall–Kier alpha value is -1.07. The number of nitrogens with one attached hydrogen (secondary N) is 1. The first-order valence-electron chi connectivity index (χ1n) is 6.49. The first-order chi connectivity index (χ1) is 9.06. The number of halogens is 1. The van der Waals surface area contributed by atoms with Crippen LogP contribution in [0.4, 0.5) is 4.79 Å². The molecule has 4 nitrogen and oxygen atoms in total. The SMILES string of the molecule is C[C@@H]1CN(C(=O)N[C@H](C)c2cccc(Br)c2)CCO1. The molecule has 0 aromatic heterocycles. The van der Waals surface area contributed by atoms with Gasteiger partial charge in [0.2, 0.25) is 0 Å². The van der Waals surface area contributed by atoms with E-state index in [1.807, 2.05) is 43.0 Å². The van der Waals surface area contributed by atoms with Crippen LogP contribution in [0, 0.1) is 0 Å². The third-order valence-corrected chi connectivity index (χ3v) is 3.71. The molecule has 2 rings (SSSR count). The second-order valence-corrected chi connectivity index (χ2v) is 5.77. The first-order valence-corrected chi connectivity index (χ1v) is 7.28. The normalized spacial score (nSPS) is 21.0. The summed E-state index contributed by atoms with van der Waals surface area (Å²) in [7, 11) is 0. The molecule has 0 unspecified atom stereocenters. The van der Waals surface area contributed by atoms with Crippen molar-refractivity contribution < 1.29 is 9.53 Å². The van der Waals surface area contributed by atoms with Crippen LogP contribution in [-0.4, -0.2) is 36.7 Å². The highest BCUT2D eigenvalue weighted by Gasteiger charge is 2.22. The van der Waals surface area contributed by atoms with Crippen LogP contribution in [0.5, 0.6) is 0 Å². The van der Waals surface area contributed by atoms with Crippen LogP contribution < -0.4 is 5.32 Å². The zero-order valence-electron chi connectivity index (χ0n) is 11.2. The van der Waals surface area contributed by atoms with Gasteiger partial charge in [-0.05, 0) is 31.5 Å². The summed E-state index contributed by atoms with van der Waals surface area (Å²) >= 11 is 3.44. The molecule has 1 aliphatic heterocycles. The van der Waals surface area contributed by atoms with Gasteiger partial charge in [0.1, 0.15) is 0 Å². The Kier molecular flexibility index (Phi) is 4.82. The number of amides is 2. The largest absolute Gasteiger partial charge is 0.375 e. The number of hydrogen-bond acceptors (Lipinski definition) is 2. The van der Waals surface area contributed by atoms with E-state index in [1.54, 1.807) is 0 Å². The van der Waals surface area contributed by atoms with E-state index in [0.717, 1.165) is 10.0 Å². The molecule has 5 heteroatoms. The van der Waals surface area contributed by atoms with E-state index in [-0.39, 0.29) is 18.2 Å². The molecule has 2 amide bonds. The fourth-order valence-electron chi connectivity index (χ4n) is 2.14. The van der Waals surface area contributed by atoms with Crippen LogP contribution in [0.3, 0.4) is 0 Å². The van der Waals surface area contributed by atoms with Gasteiger partial charge in [0.05, 0.1) is 18.8 Å². The highest BCUT2D eigenvalue weighted by molar-refractivity contribution is 9.10. The lowest BCUT2D eigenvalue weighted by Gasteiger charge is -2.32. The summed E-state index contributed by atoms with van der Waals surface area (Å²) in [5, 5.41) is 3.02. The summed E-state index contributed by atoms with van der Waals surface area (Å²) in [5.74, 6) is 0. The minimum atomic E-state index is -0.0253. The number of hydrogen-bond donors (Lipinski definition) is 1. The van der Waals surface area contributed by atoms with Crippen LogP contribution in [0.15, 0.2) is 28.7 Å². The van der Waals surface area contributed by atoms with E-state index in [9.17, 15) is 4.79 Å². The summed E-state index contributed by atoms with van der Waals surface area (Å²) in [6.07, 6.45) is 0.112. The van der Waals surface area contributed by atoms with Gasteiger partial charge >= 0.3 is 6.03 Å². The Morgan fingerprint density at radius 3 is 3.05 bits per heavy atom. The Bertz CT molecular complexity index is 453. The van der Waals surface area contributed by atoms with E-state index in [4.69, 9.17) is 4.74 Å². The van der Waals surface area contributed by atoms with Crippen LogP contribution in [0.2, 0.25) is 0 Å². The van der Waals surface area contributed by atoms with Gasteiger partial charge in [-0.25, -0.2) is 4.79 Å². The number of urea groups is 1. The molecule has 1 aromatic carbocycles. The highest BCUT2D eigenvalue weighted by Crippen LogP contribution is 2.18. The van der Waals surface area contributed by atoms with Gasteiger partial charge < -0.3 is 15.0 Å². The lowest BCUT2D eigenvalue weighted by molar-refractivity contribution is -0.00380. The van der Waals surface area contributed by atoms with Gasteiger partial charge in [0.25, 0.3) is 0 Å². The fraction of sp³-hybridized carbons (Fsp3) is 0.500. The zero-order chi connectivity index (χ0) is 13.8. The molecule has 0 spiro atoms. The van der Waals surface area contributed by atoms with Crippen molar-refractivity contribution in [2.75, 3.05) is 19.7 Å². The molecule has 1 saturated heterocycles. The third-order valence-electron chi connectivity index (χ3n) is 3.22. The Labute approximate surface area is 122 Å². The minimum Gasteiger partial charge on any atom is -0.375 e. The highest BCUT2D eigenvalue weighted by atomic mass is 79.9. The van der Waals surface area contributed by atoms with Gasteiger partial charge in [-0.3, -0.25) is 0 Å².